The standard InChI is InChI=1S/C16H19BrN2O6/c1-10(17)7-12(15(22)23)18-14(21)13(8-20)19-16(24)25-9-11-5-3-2-4-6-11/h2-6,12-13,20H,1,7-9H2,(H,18,21)(H,19,24)(H,22,23)/t12-,13-/m0/s1. The average molecular weight is 415 g/mol. The number of aliphatic hydroxyl groups excluding tert-OH is 1. The van der Waals surface area contributed by atoms with Gasteiger partial charge in [-0.2, -0.15) is 0 Å². The number of amides is 2. The van der Waals surface area contributed by atoms with Crippen molar-refractivity contribution in [3.05, 3.63) is 47.0 Å². The van der Waals surface area contributed by atoms with Gasteiger partial charge in [-0.1, -0.05) is 52.8 Å². The summed E-state index contributed by atoms with van der Waals surface area (Å²) < 4.78 is 5.33. The van der Waals surface area contributed by atoms with Crippen LogP contribution in [0.4, 0.5) is 4.79 Å². The minimum Gasteiger partial charge on any atom is -0.480 e. The van der Waals surface area contributed by atoms with Crippen LogP contribution in [0.25, 0.3) is 0 Å². The first kappa shape index (κ1) is 20.7. The van der Waals surface area contributed by atoms with Gasteiger partial charge in [0.25, 0.3) is 0 Å². The third kappa shape index (κ3) is 7.81. The number of alkyl carbamates (subject to hydrolysis) is 1. The van der Waals surface area contributed by atoms with E-state index >= 15 is 0 Å². The fraction of sp³-hybridized carbons (Fsp3) is 0.312. The maximum absolute atomic E-state index is 12.0. The molecule has 2 amide bonds. The van der Waals surface area contributed by atoms with Crippen molar-refractivity contribution in [3.8, 4) is 0 Å². The molecule has 0 spiro atoms. The second-order valence-corrected chi connectivity index (χ2v) is 6.18. The maximum atomic E-state index is 12.0. The van der Waals surface area contributed by atoms with E-state index in [1.807, 2.05) is 6.07 Å². The number of aliphatic carboxylic acids is 1. The van der Waals surface area contributed by atoms with Crippen LogP contribution in [0.5, 0.6) is 0 Å². The molecule has 0 aliphatic heterocycles. The van der Waals surface area contributed by atoms with E-state index in [0.29, 0.717) is 4.48 Å². The van der Waals surface area contributed by atoms with E-state index in [0.717, 1.165) is 5.56 Å². The Morgan fingerprint density at radius 1 is 1.16 bits per heavy atom. The molecule has 0 aliphatic rings. The predicted octanol–water partition coefficient (Wildman–Crippen LogP) is 1.14. The summed E-state index contributed by atoms with van der Waals surface area (Å²) in [5, 5.41) is 22.7. The van der Waals surface area contributed by atoms with Crippen LogP contribution in [0.1, 0.15) is 12.0 Å². The van der Waals surface area contributed by atoms with Crippen molar-refractivity contribution in [2.75, 3.05) is 6.61 Å². The van der Waals surface area contributed by atoms with Gasteiger partial charge in [0, 0.05) is 6.42 Å². The fourth-order valence-electron chi connectivity index (χ4n) is 1.80. The summed E-state index contributed by atoms with van der Waals surface area (Å²) in [6.07, 6.45) is -0.952. The lowest BCUT2D eigenvalue weighted by Crippen LogP contribution is -2.53. The zero-order valence-electron chi connectivity index (χ0n) is 13.3. The molecule has 1 rings (SSSR count). The van der Waals surface area contributed by atoms with Crippen molar-refractivity contribution in [1.29, 1.82) is 0 Å². The highest BCUT2D eigenvalue weighted by atomic mass is 79.9. The van der Waals surface area contributed by atoms with Gasteiger partial charge in [0.2, 0.25) is 5.91 Å². The summed E-state index contributed by atoms with van der Waals surface area (Å²) in [4.78, 5) is 34.9. The number of carboxylic acids is 1. The minimum absolute atomic E-state index is 0.00635. The zero-order chi connectivity index (χ0) is 18.8. The number of carbonyl (C=O) groups excluding carboxylic acids is 2. The van der Waals surface area contributed by atoms with Crippen LogP contribution in [0, 0.1) is 0 Å². The molecule has 9 heteroatoms. The molecule has 25 heavy (non-hydrogen) atoms. The summed E-state index contributed by atoms with van der Waals surface area (Å²) in [5.41, 5.74) is 0.754. The number of carbonyl (C=O) groups is 3. The molecule has 8 nitrogen and oxygen atoms in total. The van der Waals surface area contributed by atoms with E-state index in [4.69, 9.17) is 9.84 Å². The summed E-state index contributed by atoms with van der Waals surface area (Å²) in [7, 11) is 0. The number of benzene rings is 1. The molecular weight excluding hydrogens is 396 g/mol. The molecule has 0 heterocycles. The predicted molar refractivity (Wildman–Crippen MR) is 92.9 cm³/mol. The molecule has 0 aliphatic carbocycles. The number of hydrogen-bond donors (Lipinski definition) is 4. The van der Waals surface area contributed by atoms with Crippen LogP contribution in [0.2, 0.25) is 0 Å². The number of aliphatic hydroxyl groups is 1. The zero-order valence-corrected chi connectivity index (χ0v) is 14.9. The summed E-state index contributed by atoms with van der Waals surface area (Å²) in [5.74, 6) is -2.11. The number of hydrogen-bond acceptors (Lipinski definition) is 5. The average Bonchev–Trinajstić information content (AvgIpc) is 2.57. The van der Waals surface area contributed by atoms with Crippen LogP contribution in [-0.4, -0.2) is 46.9 Å². The molecule has 0 radical (unpaired) electrons. The smallest absolute Gasteiger partial charge is 0.408 e. The Morgan fingerprint density at radius 2 is 1.80 bits per heavy atom. The normalized spacial score (nSPS) is 12.6. The SMILES string of the molecule is C=C(Br)C[C@H](NC(=O)[C@H](CO)NC(=O)OCc1ccccc1)C(=O)O. The second kappa shape index (κ2) is 10.5. The number of carboxylic acid groups (broad SMARTS) is 1. The van der Waals surface area contributed by atoms with E-state index in [2.05, 4.69) is 33.1 Å². The number of nitrogens with one attached hydrogen (secondary N) is 2. The van der Waals surface area contributed by atoms with Crippen LogP contribution < -0.4 is 10.6 Å². The van der Waals surface area contributed by atoms with E-state index in [1.165, 1.54) is 0 Å². The molecule has 4 N–H and O–H groups in total. The molecular formula is C16H19BrN2O6. The van der Waals surface area contributed by atoms with Gasteiger partial charge in [0.1, 0.15) is 18.7 Å². The largest absolute Gasteiger partial charge is 0.480 e. The highest BCUT2D eigenvalue weighted by Crippen LogP contribution is 2.10. The van der Waals surface area contributed by atoms with Crippen molar-refractivity contribution in [1.82, 2.24) is 10.6 Å². The minimum atomic E-state index is -1.34. The van der Waals surface area contributed by atoms with Gasteiger partial charge >= 0.3 is 12.1 Å². The first-order valence-corrected chi connectivity index (χ1v) is 8.07. The van der Waals surface area contributed by atoms with Crippen molar-refractivity contribution < 1.29 is 29.3 Å². The first-order chi connectivity index (χ1) is 11.8. The number of rotatable bonds is 9. The molecule has 0 fully saturated rings. The quantitative estimate of drug-likeness (QED) is 0.480. The molecule has 0 saturated heterocycles. The fourth-order valence-corrected chi connectivity index (χ4v) is 2.12. The summed E-state index contributed by atoms with van der Waals surface area (Å²) in [6.45, 7) is 2.79. The monoisotopic (exact) mass is 414 g/mol. The van der Waals surface area contributed by atoms with Gasteiger partial charge < -0.3 is 25.6 Å². The Morgan fingerprint density at radius 3 is 2.32 bits per heavy atom. The molecule has 1 aromatic rings. The van der Waals surface area contributed by atoms with Crippen LogP contribution in [0.15, 0.2) is 41.4 Å². The lowest BCUT2D eigenvalue weighted by molar-refractivity contribution is -0.142. The van der Waals surface area contributed by atoms with Gasteiger partial charge in [0.15, 0.2) is 0 Å². The van der Waals surface area contributed by atoms with Crippen molar-refractivity contribution in [2.24, 2.45) is 0 Å². The third-order valence-electron chi connectivity index (χ3n) is 3.04. The van der Waals surface area contributed by atoms with Gasteiger partial charge in [-0.3, -0.25) is 4.79 Å². The van der Waals surface area contributed by atoms with E-state index < -0.39 is 36.7 Å². The van der Waals surface area contributed by atoms with E-state index in [9.17, 15) is 19.5 Å². The Labute approximate surface area is 153 Å². The van der Waals surface area contributed by atoms with Crippen LogP contribution in [-0.2, 0) is 20.9 Å². The van der Waals surface area contributed by atoms with E-state index in [1.54, 1.807) is 24.3 Å². The molecule has 0 saturated carbocycles. The Balaban J connectivity index is 2.55. The first-order valence-electron chi connectivity index (χ1n) is 7.28. The molecule has 0 bridgehead atoms. The molecule has 0 aromatic heterocycles. The van der Waals surface area contributed by atoms with E-state index in [-0.39, 0.29) is 13.0 Å². The molecule has 1 aromatic carbocycles. The second-order valence-electron chi connectivity index (χ2n) is 5.06. The van der Waals surface area contributed by atoms with Gasteiger partial charge in [-0.05, 0) is 10.0 Å². The number of halogens is 1. The molecule has 136 valence electrons. The van der Waals surface area contributed by atoms with Crippen molar-refractivity contribution >= 4 is 33.9 Å². The van der Waals surface area contributed by atoms with Crippen LogP contribution >= 0.6 is 15.9 Å². The van der Waals surface area contributed by atoms with Gasteiger partial charge in [0.05, 0.1) is 6.61 Å². The van der Waals surface area contributed by atoms with Crippen LogP contribution in [0.3, 0.4) is 0 Å². The van der Waals surface area contributed by atoms with Gasteiger partial charge in [-0.25, -0.2) is 9.59 Å². The highest BCUT2D eigenvalue weighted by molar-refractivity contribution is 9.11. The third-order valence-corrected chi connectivity index (χ3v) is 3.37. The molecule has 2 atom stereocenters. The van der Waals surface area contributed by atoms with Crippen molar-refractivity contribution in [3.63, 3.8) is 0 Å². The maximum Gasteiger partial charge on any atom is 0.408 e. The van der Waals surface area contributed by atoms with Crippen molar-refractivity contribution in [2.45, 2.75) is 25.1 Å². The Kier molecular flexibility index (Phi) is 8.65. The summed E-state index contributed by atoms with van der Waals surface area (Å²) in [6, 6.07) is 6.32. The Hall–Kier alpha value is -2.39. The highest BCUT2D eigenvalue weighted by Gasteiger charge is 2.26. The number of ether oxygens (including phenoxy) is 1. The summed E-state index contributed by atoms with van der Waals surface area (Å²) >= 11 is 3.02. The molecule has 0 unspecified atom stereocenters. The topological polar surface area (TPSA) is 125 Å². The lowest BCUT2D eigenvalue weighted by Gasteiger charge is -2.19. The Bertz CT molecular complexity index is 622. The van der Waals surface area contributed by atoms with Gasteiger partial charge in [-0.15, -0.1) is 0 Å². The lowest BCUT2D eigenvalue weighted by atomic mass is 10.2.